The molecule has 0 radical (unpaired) electrons. The van der Waals surface area contributed by atoms with Crippen molar-refractivity contribution < 1.29 is 14.6 Å². The molecule has 1 N–H and O–H groups in total. The van der Waals surface area contributed by atoms with Crippen molar-refractivity contribution in [2.75, 3.05) is 13.7 Å². The van der Waals surface area contributed by atoms with Gasteiger partial charge in [-0.3, -0.25) is 9.36 Å². The van der Waals surface area contributed by atoms with E-state index in [-0.39, 0.29) is 18.7 Å². The van der Waals surface area contributed by atoms with Gasteiger partial charge in [-0.15, -0.1) is 11.3 Å². The van der Waals surface area contributed by atoms with Crippen molar-refractivity contribution in [2.45, 2.75) is 19.3 Å². The Morgan fingerprint density at radius 2 is 1.97 bits per heavy atom. The van der Waals surface area contributed by atoms with Crippen molar-refractivity contribution in [1.82, 2.24) is 9.55 Å². The molecule has 160 valence electrons. The maximum Gasteiger partial charge on any atom is 0.271 e. The molecule has 2 heterocycles. The Hall–Kier alpha value is -2.71. The molecule has 2 aromatic heterocycles. The third kappa shape index (κ3) is 4.97. The lowest BCUT2D eigenvalue weighted by atomic mass is 10.2. The van der Waals surface area contributed by atoms with Crippen LogP contribution in [0.2, 0.25) is 5.02 Å². The van der Waals surface area contributed by atoms with E-state index in [1.54, 1.807) is 7.11 Å². The second-order valence-corrected chi connectivity index (χ2v) is 8.50. The lowest BCUT2D eigenvalue weighted by molar-refractivity contribution is 0.0192. The van der Waals surface area contributed by atoms with Crippen LogP contribution in [0.25, 0.3) is 20.7 Å². The van der Waals surface area contributed by atoms with E-state index in [1.165, 1.54) is 22.2 Å². The Bertz CT molecular complexity index is 1240. The van der Waals surface area contributed by atoms with Gasteiger partial charge in [-0.05, 0) is 29.8 Å². The van der Waals surface area contributed by atoms with Crippen molar-refractivity contribution in [3.8, 4) is 16.2 Å². The number of benzene rings is 2. The summed E-state index contributed by atoms with van der Waals surface area (Å²) in [4.78, 5) is 18.2. The van der Waals surface area contributed by atoms with E-state index >= 15 is 0 Å². The Morgan fingerprint density at radius 3 is 2.74 bits per heavy atom. The Labute approximate surface area is 188 Å². The molecule has 0 spiro atoms. The number of aliphatic hydroxyl groups is 1. The molecule has 2 aromatic carbocycles. The van der Waals surface area contributed by atoms with Crippen LogP contribution in [0, 0.1) is 0 Å². The summed E-state index contributed by atoms with van der Waals surface area (Å²) >= 11 is 7.33. The largest absolute Gasteiger partial charge is 0.496 e. The number of ether oxygens (including phenoxy) is 2. The lowest BCUT2D eigenvalue weighted by Crippen LogP contribution is -2.29. The number of nitrogens with zero attached hydrogens (tertiary/aromatic N) is 2. The van der Waals surface area contributed by atoms with E-state index in [4.69, 9.17) is 21.1 Å². The number of hydrogen-bond donors (Lipinski definition) is 1. The van der Waals surface area contributed by atoms with Crippen LogP contribution in [-0.2, 0) is 17.9 Å². The van der Waals surface area contributed by atoms with Crippen molar-refractivity contribution in [3.05, 3.63) is 81.9 Å². The summed E-state index contributed by atoms with van der Waals surface area (Å²) in [5.41, 5.74) is 2.32. The van der Waals surface area contributed by atoms with Crippen molar-refractivity contribution in [3.63, 3.8) is 0 Å². The van der Waals surface area contributed by atoms with Crippen molar-refractivity contribution >= 4 is 33.2 Å². The van der Waals surface area contributed by atoms with E-state index in [2.05, 4.69) is 4.98 Å². The molecule has 0 bridgehead atoms. The van der Waals surface area contributed by atoms with Gasteiger partial charge in [0, 0.05) is 15.5 Å². The number of rotatable bonds is 8. The first kappa shape index (κ1) is 21.5. The minimum Gasteiger partial charge on any atom is -0.496 e. The van der Waals surface area contributed by atoms with E-state index in [0.717, 1.165) is 21.8 Å². The molecule has 1 unspecified atom stereocenters. The van der Waals surface area contributed by atoms with Gasteiger partial charge in [0.05, 0.1) is 44.8 Å². The van der Waals surface area contributed by atoms with Gasteiger partial charge in [0.2, 0.25) is 0 Å². The maximum atomic E-state index is 12.9. The first-order valence-corrected chi connectivity index (χ1v) is 10.9. The number of halogens is 1. The van der Waals surface area contributed by atoms with Crippen LogP contribution in [-0.4, -0.2) is 34.5 Å². The molecule has 31 heavy (non-hydrogen) atoms. The quantitative estimate of drug-likeness (QED) is 0.426. The molecule has 4 aromatic rings. The fourth-order valence-electron chi connectivity index (χ4n) is 3.24. The summed E-state index contributed by atoms with van der Waals surface area (Å²) in [6.07, 6.45) is 0.620. The first-order chi connectivity index (χ1) is 15.0. The molecule has 8 heteroatoms. The SMILES string of the molecule is COc1ccccc1COCC(O)Cn1cnc2cc(-c3ccc(Cl)cc3)sc2c1=O. The van der Waals surface area contributed by atoms with E-state index < -0.39 is 6.10 Å². The fourth-order valence-corrected chi connectivity index (χ4v) is 4.43. The number of methoxy groups -OCH3 is 1. The van der Waals surface area contributed by atoms with Gasteiger partial charge in [0.25, 0.3) is 5.56 Å². The molecule has 0 saturated heterocycles. The average molecular weight is 457 g/mol. The van der Waals surface area contributed by atoms with Crippen LogP contribution in [0.4, 0.5) is 0 Å². The zero-order chi connectivity index (χ0) is 21.8. The van der Waals surface area contributed by atoms with Crippen LogP contribution >= 0.6 is 22.9 Å². The number of hydrogen-bond acceptors (Lipinski definition) is 6. The van der Waals surface area contributed by atoms with Crippen molar-refractivity contribution in [2.24, 2.45) is 0 Å². The normalized spacial score (nSPS) is 12.2. The minimum absolute atomic E-state index is 0.0863. The molecule has 0 amide bonds. The summed E-state index contributed by atoms with van der Waals surface area (Å²) in [5, 5.41) is 11.0. The Kier molecular flexibility index (Phi) is 6.67. The molecule has 0 aliphatic carbocycles. The number of aliphatic hydroxyl groups excluding tert-OH is 1. The Morgan fingerprint density at radius 1 is 1.19 bits per heavy atom. The van der Waals surface area contributed by atoms with Gasteiger partial charge in [-0.2, -0.15) is 0 Å². The van der Waals surface area contributed by atoms with Gasteiger partial charge in [-0.25, -0.2) is 4.98 Å². The van der Waals surface area contributed by atoms with Gasteiger partial charge >= 0.3 is 0 Å². The number of aromatic nitrogens is 2. The molecule has 4 rings (SSSR count). The monoisotopic (exact) mass is 456 g/mol. The summed E-state index contributed by atoms with van der Waals surface area (Å²) in [6.45, 7) is 0.494. The second-order valence-electron chi connectivity index (χ2n) is 7.01. The highest BCUT2D eigenvalue weighted by Gasteiger charge is 2.13. The standard InChI is InChI=1S/C23H21ClN2O4S/c1-29-20-5-3-2-4-16(20)12-30-13-18(27)11-26-14-25-19-10-21(31-22(19)23(26)28)15-6-8-17(24)9-7-15/h2-10,14,18,27H,11-13H2,1H3. The molecular formula is C23H21ClN2O4S. The van der Waals surface area contributed by atoms with Crippen LogP contribution in [0.1, 0.15) is 5.56 Å². The Balaban J connectivity index is 1.43. The zero-order valence-electron chi connectivity index (χ0n) is 16.8. The highest BCUT2D eigenvalue weighted by Crippen LogP contribution is 2.31. The van der Waals surface area contributed by atoms with Crippen LogP contribution in [0.5, 0.6) is 5.75 Å². The molecule has 0 aliphatic rings. The highest BCUT2D eigenvalue weighted by atomic mass is 35.5. The number of thiophene rings is 1. The van der Waals surface area contributed by atoms with Crippen LogP contribution in [0.15, 0.2) is 65.7 Å². The topological polar surface area (TPSA) is 73.6 Å². The van der Waals surface area contributed by atoms with Crippen LogP contribution < -0.4 is 10.3 Å². The minimum atomic E-state index is -0.845. The van der Waals surface area contributed by atoms with Crippen molar-refractivity contribution in [1.29, 1.82) is 0 Å². The summed E-state index contributed by atoms with van der Waals surface area (Å²) in [5.74, 6) is 0.733. The predicted octanol–water partition coefficient (Wildman–Crippen LogP) is 4.36. The summed E-state index contributed by atoms with van der Waals surface area (Å²) < 4.78 is 12.9. The maximum absolute atomic E-state index is 12.9. The third-order valence-electron chi connectivity index (χ3n) is 4.80. The van der Waals surface area contributed by atoms with Gasteiger partial charge in [0.15, 0.2) is 0 Å². The molecule has 6 nitrogen and oxygen atoms in total. The average Bonchev–Trinajstić information content (AvgIpc) is 3.22. The van der Waals surface area contributed by atoms with Crippen LogP contribution in [0.3, 0.4) is 0 Å². The molecule has 0 fully saturated rings. The third-order valence-corrected chi connectivity index (χ3v) is 6.21. The van der Waals surface area contributed by atoms with E-state index in [9.17, 15) is 9.90 Å². The lowest BCUT2D eigenvalue weighted by Gasteiger charge is -2.14. The predicted molar refractivity (Wildman–Crippen MR) is 123 cm³/mol. The summed E-state index contributed by atoms with van der Waals surface area (Å²) in [6, 6.07) is 16.9. The van der Waals surface area contributed by atoms with E-state index in [0.29, 0.717) is 21.8 Å². The molecule has 0 saturated carbocycles. The first-order valence-electron chi connectivity index (χ1n) is 9.68. The smallest absolute Gasteiger partial charge is 0.271 e. The molecule has 0 aliphatic heterocycles. The van der Waals surface area contributed by atoms with E-state index in [1.807, 2.05) is 54.6 Å². The van der Waals surface area contributed by atoms with Gasteiger partial charge in [0.1, 0.15) is 10.4 Å². The number of fused-ring (bicyclic) bond motifs is 1. The molecule has 1 atom stereocenters. The summed E-state index contributed by atoms with van der Waals surface area (Å²) in [7, 11) is 1.60. The fraction of sp³-hybridized carbons (Fsp3) is 0.217. The second kappa shape index (κ2) is 9.62. The zero-order valence-corrected chi connectivity index (χ0v) is 18.4. The van der Waals surface area contributed by atoms with Gasteiger partial charge < -0.3 is 14.6 Å². The van der Waals surface area contributed by atoms with Gasteiger partial charge in [-0.1, -0.05) is 41.9 Å². The molecular weight excluding hydrogens is 436 g/mol. The number of para-hydroxylation sites is 1. The highest BCUT2D eigenvalue weighted by molar-refractivity contribution is 7.22.